The van der Waals surface area contributed by atoms with Crippen LogP contribution in [0.1, 0.15) is 18.9 Å². The van der Waals surface area contributed by atoms with Crippen molar-refractivity contribution >= 4 is 53.8 Å². The molecule has 29 heavy (non-hydrogen) atoms. The molecular formula is C22H21Br3O4. The van der Waals surface area contributed by atoms with Crippen LogP contribution in [0.5, 0.6) is 5.75 Å². The van der Waals surface area contributed by atoms with E-state index in [0.29, 0.717) is 25.4 Å². The lowest BCUT2D eigenvalue weighted by Gasteiger charge is -2.19. The van der Waals surface area contributed by atoms with Gasteiger partial charge in [-0.15, -0.1) is 0 Å². The van der Waals surface area contributed by atoms with Crippen LogP contribution in [0, 0.1) is 11.8 Å². The van der Waals surface area contributed by atoms with E-state index in [-0.39, 0.29) is 4.32 Å². The van der Waals surface area contributed by atoms with Gasteiger partial charge in [0.2, 0.25) is 0 Å². The molecule has 1 unspecified atom stereocenters. The first-order valence-corrected chi connectivity index (χ1v) is 11.4. The van der Waals surface area contributed by atoms with Gasteiger partial charge < -0.3 is 14.6 Å². The number of carboxylic acids is 1. The summed E-state index contributed by atoms with van der Waals surface area (Å²) >= 11 is 10.6. The molecule has 4 nitrogen and oxygen atoms in total. The molecule has 1 aliphatic rings. The third-order valence-corrected chi connectivity index (χ3v) is 5.85. The quantitative estimate of drug-likeness (QED) is 0.308. The summed E-state index contributed by atoms with van der Waals surface area (Å²) in [5.74, 6) is 5.92. The van der Waals surface area contributed by atoms with Crippen molar-refractivity contribution in [2.45, 2.75) is 30.2 Å². The fourth-order valence-electron chi connectivity index (χ4n) is 2.58. The van der Waals surface area contributed by atoms with Crippen LogP contribution in [0.2, 0.25) is 0 Å². The van der Waals surface area contributed by atoms with Crippen molar-refractivity contribution in [1.29, 1.82) is 0 Å². The summed E-state index contributed by atoms with van der Waals surface area (Å²) in [6.07, 6.45) is 9.84. The lowest BCUT2D eigenvalue weighted by molar-refractivity contribution is -0.149. The van der Waals surface area contributed by atoms with Crippen molar-refractivity contribution in [2.24, 2.45) is 0 Å². The van der Waals surface area contributed by atoms with Gasteiger partial charge in [-0.25, -0.2) is 4.79 Å². The molecule has 0 saturated heterocycles. The maximum Gasteiger partial charge on any atom is 0.333 e. The van der Waals surface area contributed by atoms with E-state index in [1.54, 1.807) is 13.0 Å². The molecule has 0 bridgehead atoms. The number of hydrogen-bond donors (Lipinski definition) is 1. The van der Waals surface area contributed by atoms with E-state index in [4.69, 9.17) is 9.47 Å². The van der Waals surface area contributed by atoms with Gasteiger partial charge in [-0.3, -0.25) is 0 Å². The Morgan fingerprint density at radius 2 is 2.21 bits per heavy atom. The van der Waals surface area contributed by atoms with Crippen molar-refractivity contribution in [3.05, 3.63) is 63.1 Å². The number of ether oxygens (including phenoxy) is 2. The van der Waals surface area contributed by atoms with Crippen LogP contribution in [-0.4, -0.2) is 34.7 Å². The molecule has 0 aromatic heterocycles. The predicted molar refractivity (Wildman–Crippen MR) is 126 cm³/mol. The largest absolute Gasteiger partial charge is 0.488 e. The van der Waals surface area contributed by atoms with Gasteiger partial charge in [0, 0.05) is 19.4 Å². The second kappa shape index (κ2) is 11.8. The number of carboxylic acid groups (broad SMARTS) is 1. The summed E-state index contributed by atoms with van der Waals surface area (Å²) in [7, 11) is 0. The number of halogens is 3. The van der Waals surface area contributed by atoms with E-state index < -0.39 is 12.1 Å². The van der Waals surface area contributed by atoms with E-state index in [9.17, 15) is 9.90 Å². The fourth-order valence-corrected chi connectivity index (χ4v) is 4.66. The highest BCUT2D eigenvalue weighted by Crippen LogP contribution is 2.33. The molecule has 2 rings (SSSR count). The zero-order valence-corrected chi connectivity index (χ0v) is 20.6. The maximum atomic E-state index is 11.2. The Labute approximate surface area is 196 Å². The zero-order valence-electron chi connectivity index (χ0n) is 15.8. The van der Waals surface area contributed by atoms with Crippen LogP contribution in [0.4, 0.5) is 0 Å². The molecule has 2 atom stereocenters. The molecule has 154 valence electrons. The van der Waals surface area contributed by atoms with E-state index in [0.717, 1.165) is 20.9 Å². The Morgan fingerprint density at radius 3 is 2.86 bits per heavy atom. The fraction of sp³-hybridized carbons (Fsp3) is 0.318. The first-order chi connectivity index (χ1) is 13.8. The topological polar surface area (TPSA) is 55.8 Å². The molecule has 0 spiro atoms. The van der Waals surface area contributed by atoms with Gasteiger partial charge in [0.15, 0.2) is 6.10 Å². The van der Waals surface area contributed by atoms with Crippen LogP contribution < -0.4 is 4.74 Å². The van der Waals surface area contributed by atoms with Gasteiger partial charge in [0.25, 0.3) is 0 Å². The van der Waals surface area contributed by atoms with Crippen molar-refractivity contribution in [3.8, 4) is 17.6 Å². The monoisotopic (exact) mass is 586 g/mol. The number of aliphatic carboxylic acids is 1. The van der Waals surface area contributed by atoms with Crippen molar-refractivity contribution in [2.75, 3.05) is 13.2 Å². The normalized spacial score (nSPS) is 19.4. The highest BCUT2D eigenvalue weighted by atomic mass is 79.9. The highest BCUT2D eigenvalue weighted by molar-refractivity contribution is 9.12. The molecule has 1 aliphatic carbocycles. The molecule has 0 heterocycles. The smallest absolute Gasteiger partial charge is 0.333 e. The molecular weight excluding hydrogens is 568 g/mol. The van der Waals surface area contributed by atoms with Crippen molar-refractivity contribution in [1.82, 2.24) is 0 Å². The molecule has 1 aromatic carbocycles. The first-order valence-electron chi connectivity index (χ1n) is 8.99. The number of allylic oxidation sites excluding steroid dienone is 5. The van der Waals surface area contributed by atoms with E-state index >= 15 is 0 Å². The Balaban J connectivity index is 1.88. The van der Waals surface area contributed by atoms with E-state index in [1.165, 1.54) is 0 Å². The average molecular weight is 589 g/mol. The molecule has 0 aliphatic heterocycles. The van der Waals surface area contributed by atoms with Crippen LogP contribution in [0.25, 0.3) is 0 Å². The number of benzene rings is 1. The highest BCUT2D eigenvalue weighted by Gasteiger charge is 2.23. The Morgan fingerprint density at radius 1 is 1.41 bits per heavy atom. The Kier molecular flexibility index (Phi) is 9.70. The number of carbonyl (C=O) groups is 1. The third-order valence-electron chi connectivity index (χ3n) is 3.94. The second-order valence-corrected chi connectivity index (χ2v) is 9.53. The molecule has 0 amide bonds. The Bertz CT molecular complexity index is 880. The minimum absolute atomic E-state index is 0.297. The first kappa shape index (κ1) is 23.9. The SMILES string of the molecule is CCO[C@@H](Cc1ccc(OCC=CC#CC2(Br)C=CC=C(Br)C2)c(Br)c1)C(=O)O. The van der Waals surface area contributed by atoms with Crippen LogP contribution in [-0.2, 0) is 16.0 Å². The van der Waals surface area contributed by atoms with E-state index in [2.05, 4.69) is 59.6 Å². The number of hydrogen-bond acceptors (Lipinski definition) is 3. The van der Waals surface area contributed by atoms with Gasteiger partial charge in [0.1, 0.15) is 16.7 Å². The summed E-state index contributed by atoms with van der Waals surface area (Å²) in [4.78, 5) is 11.2. The van der Waals surface area contributed by atoms with Crippen molar-refractivity contribution in [3.63, 3.8) is 0 Å². The lowest BCUT2D eigenvalue weighted by atomic mass is 10.0. The molecule has 7 heteroatoms. The minimum atomic E-state index is -0.966. The zero-order chi connectivity index (χ0) is 21.3. The molecule has 0 radical (unpaired) electrons. The molecule has 1 aromatic rings. The standard InChI is InChI=1S/C22H21Br3O4/c1-2-28-20(21(26)27)14-16-8-9-19(18(24)13-16)29-12-5-3-4-10-22(25)11-6-7-17(23)15-22/h3,5-9,11,13,20H,2,12,14-15H2,1H3,(H,26,27)/t20-,22?/m0/s1. The number of alkyl halides is 1. The van der Waals surface area contributed by atoms with Gasteiger partial charge in [0.05, 0.1) is 4.47 Å². The van der Waals surface area contributed by atoms with E-state index in [1.807, 2.05) is 42.5 Å². The second-order valence-electron chi connectivity index (χ2n) is 6.25. The predicted octanol–water partition coefficient (Wildman–Crippen LogP) is 5.79. The van der Waals surface area contributed by atoms with Crippen molar-refractivity contribution < 1.29 is 19.4 Å². The third kappa shape index (κ3) is 8.13. The van der Waals surface area contributed by atoms with Crippen LogP contribution >= 0.6 is 47.8 Å². The van der Waals surface area contributed by atoms with Gasteiger partial charge >= 0.3 is 5.97 Å². The molecule has 0 saturated carbocycles. The summed E-state index contributed by atoms with van der Waals surface area (Å²) in [6, 6.07) is 5.51. The average Bonchev–Trinajstić information content (AvgIpc) is 2.65. The minimum Gasteiger partial charge on any atom is -0.488 e. The van der Waals surface area contributed by atoms with Crippen LogP contribution in [0.15, 0.2) is 57.5 Å². The summed E-state index contributed by atoms with van der Waals surface area (Å²) in [5.41, 5.74) is 0.856. The van der Waals surface area contributed by atoms with Gasteiger partial charge in [-0.05, 0) is 57.2 Å². The number of rotatable bonds is 8. The molecule has 0 fully saturated rings. The summed E-state index contributed by atoms with van der Waals surface area (Å²) < 4.78 is 12.5. The van der Waals surface area contributed by atoms with Gasteiger partial charge in [-0.2, -0.15) is 0 Å². The Hall–Kier alpha value is -1.33. The van der Waals surface area contributed by atoms with Gasteiger partial charge in [-0.1, -0.05) is 68.0 Å². The summed E-state index contributed by atoms with van der Waals surface area (Å²) in [5, 5.41) is 9.20. The lowest BCUT2D eigenvalue weighted by Crippen LogP contribution is -2.26. The summed E-state index contributed by atoms with van der Waals surface area (Å²) in [6.45, 7) is 2.51. The molecule has 1 N–H and O–H groups in total. The van der Waals surface area contributed by atoms with Crippen LogP contribution in [0.3, 0.4) is 0 Å². The maximum absolute atomic E-state index is 11.2.